The van der Waals surface area contributed by atoms with Crippen molar-refractivity contribution in [2.45, 2.75) is 26.3 Å². The van der Waals surface area contributed by atoms with Gasteiger partial charge in [0.25, 0.3) is 0 Å². The molecule has 1 amide bonds. The fourth-order valence-corrected chi connectivity index (χ4v) is 1.92. The summed E-state index contributed by atoms with van der Waals surface area (Å²) in [6.45, 7) is 4.65. The van der Waals surface area contributed by atoms with Crippen LogP contribution in [0.2, 0.25) is 0 Å². The average molecular weight is 222 g/mol. The second-order valence-corrected chi connectivity index (χ2v) is 4.12. The van der Waals surface area contributed by atoms with Gasteiger partial charge in [0, 0.05) is 19.3 Å². The summed E-state index contributed by atoms with van der Waals surface area (Å²) in [6, 6.07) is 0. The number of carbonyl (C=O) groups is 1. The molecular weight excluding hydrogens is 204 g/mol. The zero-order valence-electron chi connectivity index (χ0n) is 9.57. The summed E-state index contributed by atoms with van der Waals surface area (Å²) in [7, 11) is 0. The second kappa shape index (κ2) is 5.12. The summed E-state index contributed by atoms with van der Waals surface area (Å²) in [5.74, 6) is 0.196. The van der Waals surface area contributed by atoms with Crippen LogP contribution in [0.5, 0.6) is 0 Å². The molecule has 1 saturated heterocycles. The number of anilines is 1. The Labute approximate surface area is 95.2 Å². The monoisotopic (exact) mass is 222 g/mol. The maximum absolute atomic E-state index is 11.9. The average Bonchev–Trinajstić information content (AvgIpc) is 2.78. The van der Waals surface area contributed by atoms with Gasteiger partial charge in [0.1, 0.15) is 0 Å². The molecule has 1 aromatic rings. The van der Waals surface area contributed by atoms with E-state index < -0.39 is 0 Å². The van der Waals surface area contributed by atoms with Crippen LogP contribution in [0.25, 0.3) is 0 Å². The standard InChI is InChI=1S/C11H18N4O/c1-2-15-8-10(7-13-15)14-11(16)9-4-3-5-12-6-9/h7-9,12H,2-6H2,1H3,(H,14,16)/t9-/m0/s1. The van der Waals surface area contributed by atoms with Crippen LogP contribution in [0.3, 0.4) is 0 Å². The highest BCUT2D eigenvalue weighted by Gasteiger charge is 2.20. The molecule has 0 aromatic carbocycles. The Hall–Kier alpha value is -1.36. The number of hydrogen-bond acceptors (Lipinski definition) is 3. The highest BCUT2D eigenvalue weighted by atomic mass is 16.1. The SMILES string of the molecule is CCn1cc(NC(=O)[C@H]2CCCNC2)cn1. The molecule has 0 aliphatic carbocycles. The fraction of sp³-hybridized carbons (Fsp3) is 0.636. The predicted molar refractivity (Wildman–Crippen MR) is 62.1 cm³/mol. The summed E-state index contributed by atoms with van der Waals surface area (Å²) in [4.78, 5) is 11.9. The Morgan fingerprint density at radius 1 is 1.75 bits per heavy atom. The van der Waals surface area contributed by atoms with Gasteiger partial charge in [0.05, 0.1) is 17.8 Å². The largest absolute Gasteiger partial charge is 0.323 e. The van der Waals surface area contributed by atoms with Gasteiger partial charge in [0.2, 0.25) is 5.91 Å². The van der Waals surface area contributed by atoms with E-state index in [4.69, 9.17) is 0 Å². The fourth-order valence-electron chi connectivity index (χ4n) is 1.92. The summed E-state index contributed by atoms with van der Waals surface area (Å²) in [5, 5.41) is 10.3. The van der Waals surface area contributed by atoms with E-state index in [1.807, 2.05) is 13.1 Å². The Morgan fingerprint density at radius 3 is 3.25 bits per heavy atom. The lowest BCUT2D eigenvalue weighted by Crippen LogP contribution is -2.37. The number of nitrogens with one attached hydrogen (secondary N) is 2. The van der Waals surface area contributed by atoms with E-state index in [2.05, 4.69) is 15.7 Å². The molecule has 0 bridgehead atoms. The van der Waals surface area contributed by atoms with Crippen molar-refractivity contribution in [2.24, 2.45) is 5.92 Å². The Balaban J connectivity index is 1.90. The van der Waals surface area contributed by atoms with Gasteiger partial charge in [-0.3, -0.25) is 9.48 Å². The smallest absolute Gasteiger partial charge is 0.228 e. The van der Waals surface area contributed by atoms with Gasteiger partial charge in [-0.25, -0.2) is 0 Å². The molecule has 1 aliphatic rings. The third-order valence-corrected chi connectivity index (χ3v) is 2.89. The van der Waals surface area contributed by atoms with Gasteiger partial charge >= 0.3 is 0 Å². The molecule has 16 heavy (non-hydrogen) atoms. The normalized spacial score (nSPS) is 20.7. The van der Waals surface area contributed by atoms with E-state index in [1.54, 1.807) is 10.9 Å². The first-order valence-corrected chi connectivity index (χ1v) is 5.83. The molecule has 2 rings (SSSR count). The third-order valence-electron chi connectivity index (χ3n) is 2.89. The number of piperidine rings is 1. The van der Waals surface area contributed by atoms with Crippen LogP contribution in [0, 0.1) is 5.92 Å². The molecule has 1 fully saturated rings. The summed E-state index contributed by atoms with van der Waals surface area (Å²) in [5.41, 5.74) is 0.789. The summed E-state index contributed by atoms with van der Waals surface area (Å²) in [6.07, 6.45) is 5.60. The predicted octanol–water partition coefficient (Wildman–Crippen LogP) is 0.841. The highest BCUT2D eigenvalue weighted by Crippen LogP contribution is 2.13. The van der Waals surface area contributed by atoms with Crippen molar-refractivity contribution in [3.8, 4) is 0 Å². The minimum atomic E-state index is 0.0960. The van der Waals surface area contributed by atoms with Crippen LogP contribution in [0.1, 0.15) is 19.8 Å². The molecule has 0 unspecified atom stereocenters. The first-order valence-electron chi connectivity index (χ1n) is 5.83. The molecular formula is C11H18N4O. The summed E-state index contributed by atoms with van der Waals surface area (Å²) >= 11 is 0. The lowest BCUT2D eigenvalue weighted by atomic mass is 9.99. The van der Waals surface area contributed by atoms with Gasteiger partial charge in [-0.1, -0.05) is 0 Å². The number of amides is 1. The number of aromatic nitrogens is 2. The van der Waals surface area contributed by atoms with E-state index in [9.17, 15) is 4.79 Å². The van der Waals surface area contributed by atoms with Crippen LogP contribution in [0.4, 0.5) is 5.69 Å². The van der Waals surface area contributed by atoms with E-state index in [0.29, 0.717) is 0 Å². The number of nitrogens with zero attached hydrogens (tertiary/aromatic N) is 2. The van der Waals surface area contributed by atoms with Crippen molar-refractivity contribution in [1.82, 2.24) is 15.1 Å². The van der Waals surface area contributed by atoms with Crippen LogP contribution >= 0.6 is 0 Å². The number of carbonyl (C=O) groups excluding carboxylic acids is 1. The first-order chi connectivity index (χ1) is 7.79. The van der Waals surface area contributed by atoms with Gasteiger partial charge in [0.15, 0.2) is 0 Å². The molecule has 1 aliphatic heterocycles. The lowest BCUT2D eigenvalue weighted by Gasteiger charge is -2.21. The van der Waals surface area contributed by atoms with Crippen LogP contribution in [-0.2, 0) is 11.3 Å². The molecule has 1 aromatic heterocycles. The minimum absolute atomic E-state index is 0.0960. The number of hydrogen-bond donors (Lipinski definition) is 2. The Kier molecular flexibility index (Phi) is 3.56. The quantitative estimate of drug-likeness (QED) is 0.796. The maximum Gasteiger partial charge on any atom is 0.228 e. The molecule has 2 N–H and O–H groups in total. The number of rotatable bonds is 3. The molecule has 5 nitrogen and oxygen atoms in total. The van der Waals surface area contributed by atoms with Crippen molar-refractivity contribution in [1.29, 1.82) is 0 Å². The van der Waals surface area contributed by atoms with Gasteiger partial charge in [-0.05, 0) is 26.3 Å². The minimum Gasteiger partial charge on any atom is -0.323 e. The lowest BCUT2D eigenvalue weighted by molar-refractivity contribution is -0.120. The van der Waals surface area contributed by atoms with Gasteiger partial charge in [-0.2, -0.15) is 5.10 Å². The first kappa shape index (κ1) is 11.1. The van der Waals surface area contributed by atoms with Crippen molar-refractivity contribution < 1.29 is 4.79 Å². The molecule has 5 heteroatoms. The third kappa shape index (κ3) is 2.61. The van der Waals surface area contributed by atoms with E-state index in [-0.39, 0.29) is 11.8 Å². The number of aryl methyl sites for hydroxylation is 1. The van der Waals surface area contributed by atoms with Gasteiger partial charge < -0.3 is 10.6 Å². The van der Waals surface area contributed by atoms with E-state index in [0.717, 1.165) is 38.2 Å². The molecule has 0 saturated carbocycles. The van der Waals surface area contributed by atoms with Crippen molar-refractivity contribution in [3.63, 3.8) is 0 Å². The zero-order valence-corrected chi connectivity index (χ0v) is 9.57. The molecule has 2 heterocycles. The van der Waals surface area contributed by atoms with Crippen molar-refractivity contribution >= 4 is 11.6 Å². The van der Waals surface area contributed by atoms with Crippen molar-refractivity contribution in [3.05, 3.63) is 12.4 Å². The summed E-state index contributed by atoms with van der Waals surface area (Å²) < 4.78 is 1.80. The van der Waals surface area contributed by atoms with Crippen LogP contribution in [-0.4, -0.2) is 28.8 Å². The van der Waals surface area contributed by atoms with Crippen molar-refractivity contribution in [2.75, 3.05) is 18.4 Å². The molecule has 1 atom stereocenters. The van der Waals surface area contributed by atoms with Crippen LogP contribution < -0.4 is 10.6 Å². The molecule has 0 spiro atoms. The molecule has 0 radical (unpaired) electrons. The van der Waals surface area contributed by atoms with Gasteiger partial charge in [-0.15, -0.1) is 0 Å². The topological polar surface area (TPSA) is 59.0 Å². The van der Waals surface area contributed by atoms with E-state index >= 15 is 0 Å². The molecule has 88 valence electrons. The second-order valence-electron chi connectivity index (χ2n) is 4.12. The maximum atomic E-state index is 11.9. The van der Waals surface area contributed by atoms with Crippen LogP contribution in [0.15, 0.2) is 12.4 Å². The highest BCUT2D eigenvalue weighted by molar-refractivity contribution is 5.92. The Morgan fingerprint density at radius 2 is 2.62 bits per heavy atom. The Bertz CT molecular complexity index is 355. The van der Waals surface area contributed by atoms with E-state index in [1.165, 1.54) is 0 Å². The zero-order chi connectivity index (χ0) is 11.4.